The first-order valence-corrected chi connectivity index (χ1v) is 9.47. The first kappa shape index (κ1) is 19.3. The predicted octanol–water partition coefficient (Wildman–Crippen LogP) is 2.23. The minimum absolute atomic E-state index is 0.323. The Morgan fingerprint density at radius 3 is 2.77 bits per heavy atom. The first-order chi connectivity index (χ1) is 14.4. The Morgan fingerprint density at radius 1 is 1.17 bits per heavy atom. The van der Waals surface area contributed by atoms with Crippen LogP contribution in [0.15, 0.2) is 36.7 Å². The van der Waals surface area contributed by atoms with Crippen molar-refractivity contribution in [2.75, 3.05) is 17.6 Å². The summed E-state index contributed by atoms with van der Waals surface area (Å²) in [5.74, 6) is 2.11. The number of nitrogens with two attached hydrogens (primary N) is 1. The molecule has 11 heteroatoms. The van der Waals surface area contributed by atoms with E-state index in [1.54, 1.807) is 35.8 Å². The second-order valence-electron chi connectivity index (χ2n) is 7.16. The molecule has 0 saturated heterocycles. The monoisotopic (exact) mass is 406 g/mol. The maximum Gasteiger partial charge on any atom is 0.343 e. The molecule has 4 N–H and O–H groups in total. The summed E-state index contributed by atoms with van der Waals surface area (Å²) in [6.07, 6.45) is 3.20. The number of fused-ring (bicyclic) bond motifs is 1. The van der Waals surface area contributed by atoms with E-state index in [2.05, 4.69) is 35.8 Å². The number of rotatable bonds is 5. The van der Waals surface area contributed by atoms with Crippen LogP contribution in [0.1, 0.15) is 19.7 Å². The number of nitrogens with one attached hydrogen (secondary N) is 2. The second-order valence-corrected chi connectivity index (χ2v) is 7.16. The molecule has 0 spiro atoms. The summed E-state index contributed by atoms with van der Waals surface area (Å²) in [6.45, 7) is 6.35. The van der Waals surface area contributed by atoms with Crippen LogP contribution in [0.4, 0.5) is 22.2 Å². The summed E-state index contributed by atoms with van der Waals surface area (Å²) in [7, 11) is 0. The molecule has 11 nitrogen and oxygen atoms in total. The summed E-state index contributed by atoms with van der Waals surface area (Å²) in [6, 6.07) is 6.63. The molecule has 4 rings (SSSR count). The molecule has 0 aliphatic rings. The lowest BCUT2D eigenvalue weighted by Gasteiger charge is -2.11. The number of hydrogen-bond acceptors (Lipinski definition) is 8. The third-order valence-electron chi connectivity index (χ3n) is 4.24. The van der Waals surface area contributed by atoms with E-state index in [0.717, 1.165) is 0 Å². The zero-order valence-electron chi connectivity index (χ0n) is 16.9. The number of nitrogens with zero attached hydrogens (tertiary/aromatic N) is 7. The van der Waals surface area contributed by atoms with Crippen LogP contribution in [0, 0.1) is 12.8 Å². The van der Waals surface area contributed by atoms with Crippen molar-refractivity contribution >= 4 is 29.1 Å². The largest absolute Gasteiger partial charge is 0.384 e. The fourth-order valence-corrected chi connectivity index (χ4v) is 2.97. The maximum absolute atomic E-state index is 12.5. The highest BCUT2D eigenvalue weighted by molar-refractivity contribution is 5.83. The van der Waals surface area contributed by atoms with Gasteiger partial charge in [-0.3, -0.25) is 0 Å². The van der Waals surface area contributed by atoms with Gasteiger partial charge >= 0.3 is 6.03 Å². The van der Waals surface area contributed by atoms with Gasteiger partial charge in [-0.2, -0.15) is 14.9 Å². The van der Waals surface area contributed by atoms with Crippen molar-refractivity contribution in [2.45, 2.75) is 20.8 Å². The average Bonchev–Trinajstić information content (AvgIpc) is 3.29. The molecule has 154 valence electrons. The summed E-state index contributed by atoms with van der Waals surface area (Å²) in [4.78, 5) is 25.7. The SMILES string of the molecule is Cc1nc(N)cc(-c2c(Nc3ccnn3C(=O)NCC(C)C)nc3cccnn23)n1. The molecule has 0 aromatic carbocycles. The minimum Gasteiger partial charge on any atom is -0.384 e. The molecule has 0 atom stereocenters. The van der Waals surface area contributed by atoms with Gasteiger partial charge in [-0.1, -0.05) is 13.8 Å². The topological polar surface area (TPSA) is 141 Å². The lowest BCUT2D eigenvalue weighted by Crippen LogP contribution is -2.32. The van der Waals surface area contributed by atoms with E-state index in [0.29, 0.717) is 52.8 Å². The highest BCUT2D eigenvalue weighted by atomic mass is 16.2. The molecule has 0 bridgehead atoms. The van der Waals surface area contributed by atoms with Gasteiger partial charge < -0.3 is 16.4 Å². The smallest absolute Gasteiger partial charge is 0.343 e. The minimum atomic E-state index is -0.332. The lowest BCUT2D eigenvalue weighted by atomic mass is 10.2. The van der Waals surface area contributed by atoms with Crippen molar-refractivity contribution < 1.29 is 4.79 Å². The number of aryl methyl sites for hydroxylation is 1. The molecule has 0 aliphatic carbocycles. The highest BCUT2D eigenvalue weighted by Gasteiger charge is 2.20. The predicted molar refractivity (Wildman–Crippen MR) is 112 cm³/mol. The molecule has 0 saturated carbocycles. The Kier molecular flexibility index (Phi) is 5.00. The molecule has 4 aromatic rings. The Bertz CT molecular complexity index is 1190. The Hall–Kier alpha value is -4.02. The molecule has 4 aromatic heterocycles. The van der Waals surface area contributed by atoms with E-state index in [9.17, 15) is 4.79 Å². The molecule has 1 amide bonds. The Balaban J connectivity index is 1.76. The average molecular weight is 406 g/mol. The van der Waals surface area contributed by atoms with Crippen molar-refractivity contribution in [1.29, 1.82) is 0 Å². The molecule has 0 radical (unpaired) electrons. The molecule has 4 heterocycles. The standard InChI is InChI=1S/C19H22N10O/c1-11(2)10-21-19(30)29-16(6-8-23-29)27-18-17(13-9-14(20)25-12(3)24-13)28-15(26-18)5-4-7-22-28/h4-9,11,27H,10H2,1-3H3,(H,21,30)(H2,20,24,25). The summed E-state index contributed by atoms with van der Waals surface area (Å²) >= 11 is 0. The van der Waals surface area contributed by atoms with Crippen molar-refractivity contribution in [2.24, 2.45) is 5.92 Å². The van der Waals surface area contributed by atoms with Crippen LogP contribution < -0.4 is 16.4 Å². The number of hydrogen-bond donors (Lipinski definition) is 3. The van der Waals surface area contributed by atoms with Crippen LogP contribution >= 0.6 is 0 Å². The van der Waals surface area contributed by atoms with Gasteiger partial charge in [0.15, 0.2) is 11.5 Å². The van der Waals surface area contributed by atoms with Crippen molar-refractivity contribution in [3.63, 3.8) is 0 Å². The van der Waals surface area contributed by atoms with Crippen LogP contribution in [0.5, 0.6) is 0 Å². The van der Waals surface area contributed by atoms with Crippen molar-refractivity contribution in [3.8, 4) is 11.4 Å². The highest BCUT2D eigenvalue weighted by Crippen LogP contribution is 2.30. The number of anilines is 3. The van der Waals surface area contributed by atoms with Crippen LogP contribution in [-0.4, -0.2) is 46.9 Å². The van der Waals surface area contributed by atoms with E-state index in [-0.39, 0.29) is 6.03 Å². The first-order valence-electron chi connectivity index (χ1n) is 9.47. The normalized spacial score (nSPS) is 11.2. The number of amides is 1. The second kappa shape index (κ2) is 7.78. The van der Waals surface area contributed by atoms with Gasteiger partial charge in [0.1, 0.15) is 23.2 Å². The quantitative estimate of drug-likeness (QED) is 0.458. The Morgan fingerprint density at radius 2 is 2.00 bits per heavy atom. The van der Waals surface area contributed by atoms with Gasteiger partial charge in [0.2, 0.25) is 0 Å². The van der Waals surface area contributed by atoms with Crippen LogP contribution in [0.25, 0.3) is 17.0 Å². The van der Waals surface area contributed by atoms with Crippen LogP contribution in [0.2, 0.25) is 0 Å². The molecule has 30 heavy (non-hydrogen) atoms. The number of aromatic nitrogens is 7. The summed E-state index contributed by atoms with van der Waals surface area (Å²) in [5.41, 5.74) is 7.69. The number of nitrogen functional groups attached to an aromatic ring is 1. The fourth-order valence-electron chi connectivity index (χ4n) is 2.97. The molecular formula is C19H22N10O. The molecule has 0 unspecified atom stereocenters. The fraction of sp³-hybridized carbons (Fsp3) is 0.263. The molecule has 0 aliphatic heterocycles. The lowest BCUT2D eigenvalue weighted by molar-refractivity contribution is 0.238. The summed E-state index contributed by atoms with van der Waals surface area (Å²) < 4.78 is 2.91. The number of carbonyl (C=O) groups is 1. The third-order valence-corrected chi connectivity index (χ3v) is 4.24. The van der Waals surface area contributed by atoms with Gasteiger partial charge in [-0.25, -0.2) is 24.3 Å². The van der Waals surface area contributed by atoms with E-state index in [1.807, 2.05) is 19.9 Å². The zero-order valence-corrected chi connectivity index (χ0v) is 16.9. The van der Waals surface area contributed by atoms with E-state index in [1.165, 1.54) is 10.9 Å². The Labute approximate surface area is 172 Å². The maximum atomic E-state index is 12.5. The van der Waals surface area contributed by atoms with Gasteiger partial charge in [-0.05, 0) is 25.0 Å². The number of carbonyl (C=O) groups excluding carboxylic acids is 1. The zero-order chi connectivity index (χ0) is 21.3. The van der Waals surface area contributed by atoms with Gasteiger partial charge in [-0.15, -0.1) is 0 Å². The molecule has 0 fully saturated rings. The van der Waals surface area contributed by atoms with Crippen molar-refractivity contribution in [3.05, 3.63) is 42.5 Å². The van der Waals surface area contributed by atoms with Crippen LogP contribution in [0.3, 0.4) is 0 Å². The summed E-state index contributed by atoms with van der Waals surface area (Å²) in [5, 5.41) is 14.5. The third kappa shape index (κ3) is 3.77. The van der Waals surface area contributed by atoms with E-state index < -0.39 is 0 Å². The van der Waals surface area contributed by atoms with Gasteiger partial charge in [0, 0.05) is 24.9 Å². The van der Waals surface area contributed by atoms with E-state index in [4.69, 9.17) is 5.73 Å². The van der Waals surface area contributed by atoms with Gasteiger partial charge in [0.05, 0.1) is 11.9 Å². The molecular weight excluding hydrogens is 384 g/mol. The number of imidazole rings is 1. The van der Waals surface area contributed by atoms with E-state index >= 15 is 0 Å². The van der Waals surface area contributed by atoms with Crippen molar-refractivity contribution in [1.82, 2.24) is 39.7 Å². The van der Waals surface area contributed by atoms with Gasteiger partial charge in [0.25, 0.3) is 0 Å². The van der Waals surface area contributed by atoms with Crippen LogP contribution in [-0.2, 0) is 0 Å².